The van der Waals surface area contributed by atoms with Crippen molar-refractivity contribution in [1.82, 2.24) is 5.32 Å². The molecule has 0 saturated heterocycles. The Morgan fingerprint density at radius 1 is 1.25 bits per heavy atom. The van der Waals surface area contributed by atoms with Crippen LogP contribution < -0.4 is 10.1 Å². The summed E-state index contributed by atoms with van der Waals surface area (Å²) in [5.74, 6) is 0.879. The number of halogens is 1. The number of amides is 1. The minimum atomic E-state index is -0.301. The SMILES string of the molecule is CC(C)c1ccc(F)cc1OCCOCCNC(=O)C1CCCC1. The molecule has 0 heterocycles. The van der Waals surface area contributed by atoms with E-state index in [0.29, 0.717) is 32.1 Å². The van der Waals surface area contributed by atoms with Gasteiger partial charge in [0.25, 0.3) is 0 Å². The van der Waals surface area contributed by atoms with Gasteiger partial charge in [0.2, 0.25) is 5.91 Å². The quantitative estimate of drug-likeness (QED) is 0.700. The summed E-state index contributed by atoms with van der Waals surface area (Å²) in [6, 6.07) is 4.62. The minimum absolute atomic E-state index is 0.147. The maximum Gasteiger partial charge on any atom is 0.223 e. The first-order valence-corrected chi connectivity index (χ1v) is 8.85. The fourth-order valence-corrected chi connectivity index (χ4v) is 3.00. The fourth-order valence-electron chi connectivity index (χ4n) is 3.00. The monoisotopic (exact) mass is 337 g/mol. The number of carbonyl (C=O) groups is 1. The number of ether oxygens (including phenoxy) is 2. The Hall–Kier alpha value is -1.62. The second-order valence-corrected chi connectivity index (χ2v) is 6.57. The van der Waals surface area contributed by atoms with Gasteiger partial charge in [0.1, 0.15) is 18.2 Å². The summed E-state index contributed by atoms with van der Waals surface area (Å²) in [6.07, 6.45) is 4.33. The van der Waals surface area contributed by atoms with Crippen molar-refractivity contribution in [3.63, 3.8) is 0 Å². The average Bonchev–Trinajstić information content (AvgIpc) is 3.08. The van der Waals surface area contributed by atoms with Crippen LogP contribution in [0.25, 0.3) is 0 Å². The predicted molar refractivity (Wildman–Crippen MR) is 91.8 cm³/mol. The highest BCUT2D eigenvalue weighted by Gasteiger charge is 2.21. The molecule has 0 spiro atoms. The van der Waals surface area contributed by atoms with Crippen molar-refractivity contribution in [3.05, 3.63) is 29.6 Å². The molecule has 2 rings (SSSR count). The van der Waals surface area contributed by atoms with E-state index in [1.165, 1.54) is 12.1 Å². The lowest BCUT2D eigenvalue weighted by atomic mass is 10.0. The van der Waals surface area contributed by atoms with Crippen molar-refractivity contribution in [1.29, 1.82) is 0 Å². The number of benzene rings is 1. The van der Waals surface area contributed by atoms with Crippen LogP contribution in [0.3, 0.4) is 0 Å². The summed E-state index contributed by atoms with van der Waals surface area (Å²) in [6.45, 7) is 5.84. The van der Waals surface area contributed by atoms with E-state index in [-0.39, 0.29) is 23.6 Å². The number of hydrogen-bond donors (Lipinski definition) is 1. The first-order chi connectivity index (χ1) is 11.6. The topological polar surface area (TPSA) is 47.6 Å². The molecule has 0 unspecified atom stereocenters. The predicted octanol–water partition coefficient (Wildman–Crippen LogP) is 3.65. The summed E-state index contributed by atoms with van der Waals surface area (Å²) in [7, 11) is 0. The van der Waals surface area contributed by atoms with E-state index in [2.05, 4.69) is 5.32 Å². The molecule has 5 heteroatoms. The summed E-state index contributed by atoms with van der Waals surface area (Å²) in [5, 5.41) is 2.91. The molecule has 4 nitrogen and oxygen atoms in total. The van der Waals surface area contributed by atoms with Crippen LogP contribution in [0.5, 0.6) is 5.75 Å². The molecule has 1 aromatic rings. The molecule has 0 aliphatic heterocycles. The van der Waals surface area contributed by atoms with Crippen LogP contribution in [0.15, 0.2) is 18.2 Å². The van der Waals surface area contributed by atoms with Gasteiger partial charge >= 0.3 is 0 Å². The third-order valence-electron chi connectivity index (χ3n) is 4.35. The van der Waals surface area contributed by atoms with Crippen LogP contribution >= 0.6 is 0 Å². The maximum atomic E-state index is 13.3. The molecular weight excluding hydrogens is 309 g/mol. The fraction of sp³-hybridized carbons (Fsp3) is 0.632. The Morgan fingerprint density at radius 2 is 2.00 bits per heavy atom. The normalized spacial score (nSPS) is 15.0. The summed E-state index contributed by atoms with van der Waals surface area (Å²) in [5.41, 5.74) is 0.986. The summed E-state index contributed by atoms with van der Waals surface area (Å²) >= 11 is 0. The van der Waals surface area contributed by atoms with Gasteiger partial charge in [-0.3, -0.25) is 4.79 Å². The Bertz CT molecular complexity index is 527. The van der Waals surface area contributed by atoms with Gasteiger partial charge in [-0.15, -0.1) is 0 Å². The zero-order chi connectivity index (χ0) is 17.4. The van der Waals surface area contributed by atoms with Crippen LogP contribution in [0.2, 0.25) is 0 Å². The number of rotatable bonds is 9. The van der Waals surface area contributed by atoms with Gasteiger partial charge in [0, 0.05) is 18.5 Å². The van der Waals surface area contributed by atoms with Gasteiger partial charge in [0.05, 0.1) is 13.2 Å². The second-order valence-electron chi connectivity index (χ2n) is 6.57. The standard InChI is InChI=1S/C19H28FNO3/c1-14(2)17-8-7-16(20)13-18(17)24-12-11-23-10-9-21-19(22)15-5-3-4-6-15/h7-8,13-15H,3-6,9-12H2,1-2H3,(H,21,22). The van der Waals surface area contributed by atoms with Gasteiger partial charge in [-0.2, -0.15) is 0 Å². The molecule has 0 atom stereocenters. The molecule has 1 saturated carbocycles. The van der Waals surface area contributed by atoms with E-state index in [0.717, 1.165) is 31.2 Å². The second kappa shape index (κ2) is 9.62. The van der Waals surface area contributed by atoms with Crippen molar-refractivity contribution in [2.45, 2.75) is 45.4 Å². The number of hydrogen-bond acceptors (Lipinski definition) is 3. The minimum Gasteiger partial charge on any atom is -0.491 e. The highest BCUT2D eigenvalue weighted by Crippen LogP contribution is 2.27. The molecule has 24 heavy (non-hydrogen) atoms. The van der Waals surface area contributed by atoms with E-state index >= 15 is 0 Å². The lowest BCUT2D eigenvalue weighted by molar-refractivity contribution is -0.125. The van der Waals surface area contributed by atoms with Crippen LogP contribution in [0.1, 0.15) is 51.0 Å². The molecular formula is C19H28FNO3. The van der Waals surface area contributed by atoms with E-state index in [1.807, 2.05) is 13.8 Å². The van der Waals surface area contributed by atoms with Crippen molar-refractivity contribution < 1.29 is 18.7 Å². The van der Waals surface area contributed by atoms with Gasteiger partial charge < -0.3 is 14.8 Å². The third kappa shape index (κ3) is 5.78. The van der Waals surface area contributed by atoms with Crippen molar-refractivity contribution >= 4 is 5.91 Å². The van der Waals surface area contributed by atoms with Crippen molar-refractivity contribution in [2.75, 3.05) is 26.4 Å². The number of nitrogens with one attached hydrogen (secondary N) is 1. The van der Waals surface area contributed by atoms with Crippen LogP contribution in [-0.2, 0) is 9.53 Å². The van der Waals surface area contributed by atoms with Crippen LogP contribution in [-0.4, -0.2) is 32.3 Å². The van der Waals surface area contributed by atoms with Gasteiger partial charge in [-0.05, 0) is 30.4 Å². The Kier molecular flexibility index (Phi) is 7.50. The first kappa shape index (κ1) is 18.7. The molecule has 1 amide bonds. The highest BCUT2D eigenvalue weighted by atomic mass is 19.1. The largest absolute Gasteiger partial charge is 0.491 e. The summed E-state index contributed by atoms with van der Waals surface area (Å²) < 4.78 is 24.4. The molecule has 1 aliphatic carbocycles. The van der Waals surface area contributed by atoms with E-state index in [1.54, 1.807) is 6.07 Å². The van der Waals surface area contributed by atoms with Gasteiger partial charge in [0.15, 0.2) is 0 Å². The lowest BCUT2D eigenvalue weighted by Gasteiger charge is -2.14. The molecule has 1 fully saturated rings. The first-order valence-electron chi connectivity index (χ1n) is 8.85. The van der Waals surface area contributed by atoms with Crippen molar-refractivity contribution in [2.24, 2.45) is 5.92 Å². The molecule has 1 N–H and O–H groups in total. The van der Waals surface area contributed by atoms with E-state index in [9.17, 15) is 9.18 Å². The summed E-state index contributed by atoms with van der Waals surface area (Å²) in [4.78, 5) is 11.8. The molecule has 0 radical (unpaired) electrons. The average molecular weight is 337 g/mol. The van der Waals surface area contributed by atoms with Gasteiger partial charge in [-0.1, -0.05) is 32.8 Å². The molecule has 1 aromatic carbocycles. The van der Waals surface area contributed by atoms with Gasteiger partial charge in [-0.25, -0.2) is 4.39 Å². The Labute approximate surface area is 143 Å². The van der Waals surface area contributed by atoms with E-state index < -0.39 is 0 Å². The zero-order valence-corrected chi connectivity index (χ0v) is 14.6. The lowest BCUT2D eigenvalue weighted by Crippen LogP contribution is -2.32. The van der Waals surface area contributed by atoms with E-state index in [4.69, 9.17) is 9.47 Å². The van der Waals surface area contributed by atoms with Crippen LogP contribution in [0.4, 0.5) is 4.39 Å². The van der Waals surface area contributed by atoms with Crippen LogP contribution in [0, 0.1) is 11.7 Å². The smallest absolute Gasteiger partial charge is 0.223 e. The number of carbonyl (C=O) groups excluding carboxylic acids is 1. The molecule has 0 bridgehead atoms. The van der Waals surface area contributed by atoms with Crippen molar-refractivity contribution in [3.8, 4) is 5.75 Å². The zero-order valence-electron chi connectivity index (χ0n) is 14.6. The molecule has 1 aliphatic rings. The highest BCUT2D eigenvalue weighted by molar-refractivity contribution is 5.78. The molecule has 0 aromatic heterocycles. The third-order valence-corrected chi connectivity index (χ3v) is 4.35. The maximum absolute atomic E-state index is 13.3. The molecule has 134 valence electrons. The Morgan fingerprint density at radius 3 is 2.71 bits per heavy atom. The Balaban J connectivity index is 1.60.